The number of nitrogens with zero attached hydrogens (tertiary/aromatic N) is 3. The molecule has 8 nitrogen and oxygen atoms in total. The number of amides is 3. The fourth-order valence-corrected chi connectivity index (χ4v) is 5.08. The Kier molecular flexibility index (Phi) is 7.59. The van der Waals surface area contributed by atoms with Crippen molar-refractivity contribution in [2.75, 3.05) is 21.3 Å². The predicted molar refractivity (Wildman–Crippen MR) is 136 cm³/mol. The number of aryl methyl sites for hydroxylation is 1. The number of hydrogen-bond donors (Lipinski definition) is 2. The van der Waals surface area contributed by atoms with Crippen molar-refractivity contribution in [2.45, 2.75) is 43.5 Å². The Morgan fingerprint density at radius 3 is 2.62 bits per heavy atom. The van der Waals surface area contributed by atoms with Gasteiger partial charge < -0.3 is 10.6 Å². The van der Waals surface area contributed by atoms with E-state index in [1.54, 1.807) is 29.2 Å². The zero-order valence-corrected chi connectivity index (χ0v) is 20.5. The van der Waals surface area contributed by atoms with Gasteiger partial charge in [-0.2, -0.15) is 0 Å². The number of thioether (sulfide) groups is 1. The number of nitrogens with one attached hydrogen (secondary N) is 2. The number of carbonyl (C=O) groups excluding carboxylic acids is 3. The molecule has 4 rings (SSSR count). The summed E-state index contributed by atoms with van der Waals surface area (Å²) in [6, 6.07) is 14.6. The molecular formula is C24H25N5O3S2. The third-order valence-electron chi connectivity index (χ3n) is 5.13. The highest BCUT2D eigenvalue weighted by Gasteiger charge is 2.35. The lowest BCUT2D eigenvalue weighted by Crippen LogP contribution is -2.32. The molecule has 3 amide bonds. The molecule has 176 valence electrons. The molecule has 0 aliphatic heterocycles. The molecule has 1 aliphatic carbocycles. The lowest BCUT2D eigenvalue weighted by atomic mass is 10.1. The highest BCUT2D eigenvalue weighted by molar-refractivity contribution is 8.01. The molecule has 1 aliphatic rings. The molecule has 2 N–H and O–H groups in total. The maximum atomic E-state index is 12.8. The van der Waals surface area contributed by atoms with E-state index in [-0.39, 0.29) is 29.5 Å². The second-order valence-corrected chi connectivity index (χ2v) is 10.1. The van der Waals surface area contributed by atoms with E-state index in [0.717, 1.165) is 18.4 Å². The molecule has 0 atom stereocenters. The van der Waals surface area contributed by atoms with Crippen molar-refractivity contribution >= 4 is 57.3 Å². The predicted octanol–water partition coefficient (Wildman–Crippen LogP) is 4.74. The normalized spacial score (nSPS) is 12.8. The van der Waals surface area contributed by atoms with E-state index in [1.807, 2.05) is 38.1 Å². The van der Waals surface area contributed by atoms with Crippen LogP contribution in [0.1, 0.15) is 42.1 Å². The molecule has 3 aromatic rings. The minimum atomic E-state index is -0.302. The number of para-hydroxylation sites is 1. The monoisotopic (exact) mass is 495 g/mol. The summed E-state index contributed by atoms with van der Waals surface area (Å²) in [6.45, 7) is 3.78. The van der Waals surface area contributed by atoms with Crippen LogP contribution >= 0.6 is 23.1 Å². The lowest BCUT2D eigenvalue weighted by Gasteiger charge is -2.17. The van der Waals surface area contributed by atoms with Gasteiger partial charge in [0.2, 0.25) is 16.9 Å². The highest BCUT2D eigenvalue weighted by Crippen LogP contribution is 2.36. The quantitative estimate of drug-likeness (QED) is 0.328. The first-order valence-corrected chi connectivity index (χ1v) is 12.8. The molecule has 1 aromatic heterocycles. The molecule has 1 fully saturated rings. The Hall–Kier alpha value is -3.24. The van der Waals surface area contributed by atoms with Gasteiger partial charge >= 0.3 is 0 Å². The summed E-state index contributed by atoms with van der Waals surface area (Å²) in [5.74, 6) is -0.424. The average Bonchev–Trinajstić information content (AvgIpc) is 3.55. The number of carbonyl (C=O) groups is 3. The molecule has 0 saturated heterocycles. The first-order chi connectivity index (χ1) is 16.4. The van der Waals surface area contributed by atoms with Gasteiger partial charge in [-0.3, -0.25) is 19.3 Å². The standard InChI is InChI=1S/C24H25N5O3S2/c1-3-21(31)29(17-11-12-17)23-27-28-24(34-23)33-14-20(30)26-19-10-5-4-9-18(19)22(32)25-16-8-6-7-15(2)13-16/h4-10,13,17H,3,11-12,14H2,1-2H3,(H,25,32)(H,26,30). The fourth-order valence-electron chi connectivity index (χ4n) is 3.35. The van der Waals surface area contributed by atoms with Crippen LogP contribution in [0.2, 0.25) is 0 Å². The van der Waals surface area contributed by atoms with Crippen LogP contribution in [0.15, 0.2) is 52.9 Å². The van der Waals surface area contributed by atoms with E-state index in [4.69, 9.17) is 0 Å². The summed E-state index contributed by atoms with van der Waals surface area (Å²) >= 11 is 2.56. The third kappa shape index (κ3) is 6.00. The van der Waals surface area contributed by atoms with Crippen molar-refractivity contribution in [3.05, 3.63) is 59.7 Å². The van der Waals surface area contributed by atoms with E-state index < -0.39 is 0 Å². The molecule has 0 unspecified atom stereocenters. The molecule has 34 heavy (non-hydrogen) atoms. The van der Waals surface area contributed by atoms with E-state index in [9.17, 15) is 14.4 Å². The zero-order valence-electron chi connectivity index (χ0n) is 18.9. The van der Waals surface area contributed by atoms with Crippen molar-refractivity contribution in [2.24, 2.45) is 0 Å². The van der Waals surface area contributed by atoms with Crippen LogP contribution in [0.3, 0.4) is 0 Å². The summed E-state index contributed by atoms with van der Waals surface area (Å²) < 4.78 is 0.616. The van der Waals surface area contributed by atoms with E-state index in [2.05, 4.69) is 20.8 Å². The summed E-state index contributed by atoms with van der Waals surface area (Å²) in [5, 5.41) is 14.6. The molecule has 2 aromatic carbocycles. The van der Waals surface area contributed by atoms with Crippen molar-refractivity contribution in [3.63, 3.8) is 0 Å². The van der Waals surface area contributed by atoms with Crippen LogP contribution < -0.4 is 15.5 Å². The maximum Gasteiger partial charge on any atom is 0.257 e. The minimum Gasteiger partial charge on any atom is -0.325 e. The van der Waals surface area contributed by atoms with Crippen LogP contribution in [-0.4, -0.2) is 39.7 Å². The van der Waals surface area contributed by atoms with Gasteiger partial charge in [-0.25, -0.2) is 0 Å². The van der Waals surface area contributed by atoms with E-state index in [0.29, 0.717) is 32.8 Å². The number of anilines is 3. The van der Waals surface area contributed by atoms with Gasteiger partial charge in [-0.05, 0) is 49.6 Å². The Labute approximate surface area is 206 Å². The zero-order chi connectivity index (χ0) is 24.1. The lowest BCUT2D eigenvalue weighted by molar-refractivity contribution is -0.118. The summed E-state index contributed by atoms with van der Waals surface area (Å²) in [7, 11) is 0. The highest BCUT2D eigenvalue weighted by atomic mass is 32.2. The Morgan fingerprint density at radius 2 is 1.88 bits per heavy atom. The molecule has 0 radical (unpaired) electrons. The number of benzene rings is 2. The van der Waals surface area contributed by atoms with Crippen LogP contribution in [0.5, 0.6) is 0 Å². The van der Waals surface area contributed by atoms with Gasteiger partial charge in [0.15, 0.2) is 4.34 Å². The Balaban J connectivity index is 1.36. The van der Waals surface area contributed by atoms with Crippen molar-refractivity contribution < 1.29 is 14.4 Å². The number of aromatic nitrogens is 2. The molecule has 1 saturated carbocycles. The summed E-state index contributed by atoms with van der Waals surface area (Å²) in [5.41, 5.74) is 2.54. The van der Waals surface area contributed by atoms with E-state index >= 15 is 0 Å². The molecule has 10 heteroatoms. The average molecular weight is 496 g/mol. The first kappa shape index (κ1) is 23.9. The van der Waals surface area contributed by atoms with Gasteiger partial charge in [-0.15, -0.1) is 10.2 Å². The largest absolute Gasteiger partial charge is 0.325 e. The first-order valence-electron chi connectivity index (χ1n) is 11.0. The van der Waals surface area contributed by atoms with E-state index in [1.165, 1.54) is 23.1 Å². The smallest absolute Gasteiger partial charge is 0.257 e. The third-order valence-corrected chi connectivity index (χ3v) is 7.19. The topological polar surface area (TPSA) is 104 Å². The SMILES string of the molecule is CCC(=O)N(c1nnc(SCC(=O)Nc2ccccc2C(=O)Nc2cccc(C)c2)s1)C1CC1. The van der Waals surface area contributed by atoms with Crippen molar-refractivity contribution in [1.29, 1.82) is 0 Å². The Bertz CT molecular complexity index is 1210. The van der Waals surface area contributed by atoms with Crippen LogP contribution in [0.4, 0.5) is 16.5 Å². The summed E-state index contributed by atoms with van der Waals surface area (Å²) in [4.78, 5) is 39.4. The van der Waals surface area contributed by atoms with Crippen LogP contribution in [0, 0.1) is 6.92 Å². The van der Waals surface area contributed by atoms with Crippen molar-refractivity contribution in [1.82, 2.24) is 10.2 Å². The van der Waals surface area contributed by atoms with Gasteiger partial charge in [0.1, 0.15) is 0 Å². The molecule has 0 spiro atoms. The van der Waals surface area contributed by atoms with Gasteiger partial charge in [0, 0.05) is 18.2 Å². The number of hydrogen-bond acceptors (Lipinski definition) is 7. The fraction of sp³-hybridized carbons (Fsp3) is 0.292. The van der Waals surface area contributed by atoms with Gasteiger partial charge in [0.05, 0.1) is 17.0 Å². The minimum absolute atomic E-state index is 0.0356. The second kappa shape index (κ2) is 10.8. The summed E-state index contributed by atoms with van der Waals surface area (Å²) in [6.07, 6.45) is 2.37. The maximum absolute atomic E-state index is 12.8. The van der Waals surface area contributed by atoms with Crippen LogP contribution in [0.25, 0.3) is 0 Å². The Morgan fingerprint density at radius 1 is 1.09 bits per heavy atom. The van der Waals surface area contributed by atoms with Crippen molar-refractivity contribution in [3.8, 4) is 0 Å². The molecule has 0 bridgehead atoms. The second-order valence-electron chi connectivity index (χ2n) is 7.91. The molecular weight excluding hydrogens is 470 g/mol. The van der Waals surface area contributed by atoms with Gasteiger partial charge in [-0.1, -0.05) is 54.3 Å². The van der Waals surface area contributed by atoms with Crippen LogP contribution in [-0.2, 0) is 9.59 Å². The molecule has 1 heterocycles. The van der Waals surface area contributed by atoms with Gasteiger partial charge in [0.25, 0.3) is 5.91 Å². The number of rotatable bonds is 9.